The Labute approximate surface area is 94.1 Å². The highest BCUT2D eigenvalue weighted by molar-refractivity contribution is 7.09. The van der Waals surface area contributed by atoms with Crippen LogP contribution in [0.2, 0.25) is 0 Å². The van der Waals surface area contributed by atoms with Crippen LogP contribution in [-0.4, -0.2) is 17.2 Å². The van der Waals surface area contributed by atoms with Gasteiger partial charge in [0.25, 0.3) is 0 Å². The fourth-order valence-electron chi connectivity index (χ4n) is 1.68. The van der Waals surface area contributed by atoms with Crippen molar-refractivity contribution in [3.05, 3.63) is 20.2 Å². The molecule has 0 spiro atoms. The summed E-state index contributed by atoms with van der Waals surface area (Å²) in [5, 5.41) is 3.46. The SMILES string of the molecule is Cc1sc(=O)n(CCCNC2CC2)c1C. The van der Waals surface area contributed by atoms with Crippen LogP contribution in [0.4, 0.5) is 0 Å². The minimum Gasteiger partial charge on any atom is -0.314 e. The molecule has 1 aliphatic carbocycles. The van der Waals surface area contributed by atoms with E-state index in [9.17, 15) is 4.79 Å². The Morgan fingerprint density at radius 1 is 1.47 bits per heavy atom. The first-order valence-corrected chi connectivity index (χ1v) is 6.40. The Morgan fingerprint density at radius 2 is 2.20 bits per heavy atom. The highest BCUT2D eigenvalue weighted by Crippen LogP contribution is 2.18. The zero-order valence-electron chi connectivity index (χ0n) is 9.38. The number of thiazole rings is 1. The van der Waals surface area contributed by atoms with E-state index in [0.29, 0.717) is 0 Å². The predicted molar refractivity (Wildman–Crippen MR) is 63.7 cm³/mol. The average molecular weight is 226 g/mol. The summed E-state index contributed by atoms with van der Waals surface area (Å²) in [5.74, 6) is 0. The van der Waals surface area contributed by atoms with Crippen LogP contribution in [-0.2, 0) is 6.54 Å². The highest BCUT2D eigenvalue weighted by atomic mass is 32.1. The molecule has 0 amide bonds. The lowest BCUT2D eigenvalue weighted by molar-refractivity contribution is 0.567. The van der Waals surface area contributed by atoms with E-state index in [1.165, 1.54) is 24.2 Å². The van der Waals surface area contributed by atoms with Crippen LogP contribution >= 0.6 is 11.3 Å². The monoisotopic (exact) mass is 226 g/mol. The van der Waals surface area contributed by atoms with E-state index in [2.05, 4.69) is 5.32 Å². The molecule has 0 saturated heterocycles. The van der Waals surface area contributed by atoms with Gasteiger partial charge in [-0.25, -0.2) is 0 Å². The number of rotatable bonds is 5. The highest BCUT2D eigenvalue weighted by Gasteiger charge is 2.19. The van der Waals surface area contributed by atoms with Crippen LogP contribution in [0.15, 0.2) is 4.79 Å². The molecule has 84 valence electrons. The third-order valence-electron chi connectivity index (χ3n) is 2.94. The fraction of sp³-hybridized carbons (Fsp3) is 0.727. The molecule has 3 nitrogen and oxygen atoms in total. The molecule has 0 aromatic carbocycles. The molecule has 0 radical (unpaired) electrons. The molecule has 0 atom stereocenters. The van der Waals surface area contributed by atoms with Gasteiger partial charge >= 0.3 is 4.87 Å². The smallest absolute Gasteiger partial charge is 0.307 e. The predicted octanol–water partition coefficient (Wildman–Crippen LogP) is 1.67. The standard InChI is InChI=1S/C11H18N2OS/c1-8-9(2)15-11(14)13(8)7-3-6-12-10-4-5-10/h10,12H,3-7H2,1-2H3. The number of nitrogens with zero attached hydrogens (tertiary/aromatic N) is 1. The largest absolute Gasteiger partial charge is 0.314 e. The molecule has 4 heteroatoms. The number of aryl methyl sites for hydroxylation is 1. The summed E-state index contributed by atoms with van der Waals surface area (Å²) in [6.07, 6.45) is 3.71. The van der Waals surface area contributed by atoms with Gasteiger partial charge in [-0.1, -0.05) is 11.3 Å². The minimum absolute atomic E-state index is 0.191. The average Bonchev–Trinajstić information content (AvgIpc) is 2.96. The van der Waals surface area contributed by atoms with Crippen LogP contribution in [0.5, 0.6) is 0 Å². The van der Waals surface area contributed by atoms with Gasteiger partial charge in [-0.3, -0.25) is 4.79 Å². The van der Waals surface area contributed by atoms with Gasteiger partial charge in [0.15, 0.2) is 0 Å². The molecule has 2 rings (SSSR count). The van der Waals surface area contributed by atoms with Gasteiger partial charge in [0.2, 0.25) is 0 Å². The van der Waals surface area contributed by atoms with E-state index in [0.717, 1.165) is 36.1 Å². The van der Waals surface area contributed by atoms with Gasteiger partial charge in [0.05, 0.1) is 0 Å². The molecule has 1 N–H and O–H groups in total. The van der Waals surface area contributed by atoms with Crippen molar-refractivity contribution in [3.63, 3.8) is 0 Å². The maximum Gasteiger partial charge on any atom is 0.307 e. The lowest BCUT2D eigenvalue weighted by Gasteiger charge is -2.05. The first kappa shape index (κ1) is 10.9. The van der Waals surface area contributed by atoms with Crippen LogP contribution in [0.1, 0.15) is 29.8 Å². The number of hydrogen-bond acceptors (Lipinski definition) is 3. The molecule has 1 saturated carbocycles. The molecule has 1 aromatic rings. The van der Waals surface area contributed by atoms with Gasteiger partial charge in [0, 0.05) is 23.2 Å². The van der Waals surface area contributed by atoms with E-state index >= 15 is 0 Å². The summed E-state index contributed by atoms with van der Waals surface area (Å²) in [6.45, 7) is 5.93. The second-order valence-corrected chi connectivity index (χ2v) is 5.41. The lowest BCUT2D eigenvalue weighted by Crippen LogP contribution is -2.21. The Kier molecular flexibility index (Phi) is 3.26. The van der Waals surface area contributed by atoms with E-state index in [1.54, 1.807) is 0 Å². The molecule has 0 aliphatic heterocycles. The molecule has 1 fully saturated rings. The van der Waals surface area contributed by atoms with Crippen LogP contribution in [0.3, 0.4) is 0 Å². The van der Waals surface area contributed by atoms with Crippen molar-refractivity contribution in [2.45, 2.75) is 45.7 Å². The van der Waals surface area contributed by atoms with Gasteiger partial charge < -0.3 is 9.88 Å². The maximum atomic E-state index is 11.6. The first-order chi connectivity index (χ1) is 7.18. The molecule has 1 aromatic heterocycles. The number of hydrogen-bond donors (Lipinski definition) is 1. The summed E-state index contributed by atoms with van der Waals surface area (Å²) in [7, 11) is 0. The number of aromatic nitrogens is 1. The number of nitrogens with one attached hydrogen (secondary N) is 1. The first-order valence-electron chi connectivity index (χ1n) is 5.58. The van der Waals surface area contributed by atoms with Crippen LogP contribution in [0, 0.1) is 13.8 Å². The van der Waals surface area contributed by atoms with E-state index in [-0.39, 0.29) is 4.87 Å². The maximum absolute atomic E-state index is 11.6. The topological polar surface area (TPSA) is 34.0 Å². The third-order valence-corrected chi connectivity index (χ3v) is 3.94. The Morgan fingerprint density at radius 3 is 2.73 bits per heavy atom. The zero-order valence-corrected chi connectivity index (χ0v) is 10.2. The summed E-state index contributed by atoms with van der Waals surface area (Å²) in [6, 6.07) is 0.770. The van der Waals surface area contributed by atoms with Crippen LogP contribution < -0.4 is 10.2 Å². The fourth-order valence-corrected chi connectivity index (χ4v) is 2.53. The van der Waals surface area contributed by atoms with Crippen molar-refractivity contribution in [2.75, 3.05) is 6.54 Å². The van der Waals surface area contributed by atoms with E-state index in [1.807, 2.05) is 18.4 Å². The van der Waals surface area contributed by atoms with Crippen molar-refractivity contribution < 1.29 is 0 Å². The molecule has 1 heterocycles. The zero-order chi connectivity index (χ0) is 10.8. The van der Waals surface area contributed by atoms with Crippen molar-refractivity contribution in [1.29, 1.82) is 0 Å². The second-order valence-electron chi connectivity index (χ2n) is 4.24. The van der Waals surface area contributed by atoms with E-state index in [4.69, 9.17) is 0 Å². The van der Waals surface area contributed by atoms with Gasteiger partial charge in [-0.15, -0.1) is 0 Å². The summed E-state index contributed by atoms with van der Waals surface area (Å²) < 4.78 is 1.90. The molecule has 1 aliphatic rings. The van der Waals surface area contributed by atoms with Crippen LogP contribution in [0.25, 0.3) is 0 Å². The van der Waals surface area contributed by atoms with Gasteiger partial charge in [-0.05, 0) is 39.7 Å². The lowest BCUT2D eigenvalue weighted by atomic mass is 10.3. The van der Waals surface area contributed by atoms with Crippen molar-refractivity contribution >= 4 is 11.3 Å². The molecular weight excluding hydrogens is 208 g/mol. The van der Waals surface area contributed by atoms with Crippen molar-refractivity contribution in [2.24, 2.45) is 0 Å². The van der Waals surface area contributed by atoms with Crippen molar-refractivity contribution in [1.82, 2.24) is 9.88 Å². The Bertz CT molecular complexity index is 390. The van der Waals surface area contributed by atoms with E-state index < -0.39 is 0 Å². The van der Waals surface area contributed by atoms with Crippen molar-refractivity contribution in [3.8, 4) is 0 Å². The van der Waals surface area contributed by atoms with Gasteiger partial charge in [0.1, 0.15) is 0 Å². The third kappa shape index (κ3) is 2.69. The summed E-state index contributed by atoms with van der Waals surface area (Å²) in [4.78, 5) is 12.9. The molecule has 15 heavy (non-hydrogen) atoms. The minimum atomic E-state index is 0.191. The second kappa shape index (κ2) is 4.49. The van der Waals surface area contributed by atoms with Gasteiger partial charge in [-0.2, -0.15) is 0 Å². The quantitative estimate of drug-likeness (QED) is 0.775. The Balaban J connectivity index is 1.83. The Hall–Kier alpha value is -0.610. The molecule has 0 unspecified atom stereocenters. The normalized spacial score (nSPS) is 15.9. The summed E-state index contributed by atoms with van der Waals surface area (Å²) in [5.41, 5.74) is 1.14. The molecule has 0 bridgehead atoms. The summed E-state index contributed by atoms with van der Waals surface area (Å²) >= 11 is 1.36. The molecular formula is C11H18N2OS.